The van der Waals surface area contributed by atoms with Crippen molar-refractivity contribution in [3.8, 4) is 5.75 Å². The summed E-state index contributed by atoms with van der Waals surface area (Å²) in [6.45, 7) is 18.5. The van der Waals surface area contributed by atoms with Crippen LogP contribution in [0.3, 0.4) is 0 Å². The molecule has 0 heterocycles. The van der Waals surface area contributed by atoms with Crippen LogP contribution in [0.15, 0.2) is 12.1 Å². The molecule has 7 atom stereocenters. The highest BCUT2D eigenvalue weighted by molar-refractivity contribution is 5.81. The number of hydrogen-bond acceptors (Lipinski definition) is 4. The van der Waals surface area contributed by atoms with Crippen molar-refractivity contribution in [2.45, 2.75) is 126 Å². The second-order valence-corrected chi connectivity index (χ2v) is 14.8. The van der Waals surface area contributed by atoms with E-state index in [2.05, 4.69) is 19.2 Å². The maximum atomic E-state index is 12.7. The zero-order valence-electron chi connectivity index (χ0n) is 26.7. The Bertz CT molecular complexity index is 1080. The number of phenols is 1. The standard InChI is InChI=1S/C20H32O2.C15H23NO2/c1-5-19(3,4)18(21)22-20(6-2)11-14-10-15(20)17-13-8-7-12(9-13)16(14)17;1-6-15(4,5)14(18)16-9-12-7-10(2)13(17)11(3)8-12/h12-17H,5-11H2,1-4H3;7-8,17H,6,9H2,1-5H3,(H,16,18). The molecule has 0 spiro atoms. The third-order valence-electron chi connectivity index (χ3n) is 11.7. The smallest absolute Gasteiger partial charge is 0.312 e. The highest BCUT2D eigenvalue weighted by Gasteiger charge is 2.68. The lowest BCUT2D eigenvalue weighted by Gasteiger charge is -2.46. The highest BCUT2D eigenvalue weighted by Crippen LogP contribution is 2.71. The monoisotopic (exact) mass is 553 g/mol. The van der Waals surface area contributed by atoms with Gasteiger partial charge in [-0.15, -0.1) is 0 Å². The molecule has 0 radical (unpaired) electrons. The van der Waals surface area contributed by atoms with Gasteiger partial charge in [0.2, 0.25) is 5.91 Å². The summed E-state index contributed by atoms with van der Waals surface area (Å²) in [5, 5.41) is 12.6. The summed E-state index contributed by atoms with van der Waals surface area (Å²) in [7, 11) is 0. The van der Waals surface area contributed by atoms with Gasteiger partial charge < -0.3 is 15.2 Å². The highest BCUT2D eigenvalue weighted by atomic mass is 16.6. The number of aromatic hydroxyl groups is 1. The lowest BCUT2D eigenvalue weighted by Crippen LogP contribution is -2.49. The van der Waals surface area contributed by atoms with Gasteiger partial charge in [0.1, 0.15) is 11.4 Å². The fourth-order valence-corrected chi connectivity index (χ4v) is 8.49. The first-order valence-corrected chi connectivity index (χ1v) is 16.0. The predicted octanol–water partition coefficient (Wildman–Crippen LogP) is 7.88. The summed E-state index contributed by atoms with van der Waals surface area (Å²) in [6.07, 6.45) is 9.60. The average molecular weight is 554 g/mol. The molecule has 1 aromatic rings. The van der Waals surface area contributed by atoms with Crippen LogP contribution in [0, 0.1) is 60.2 Å². The van der Waals surface area contributed by atoms with E-state index in [1.165, 1.54) is 25.7 Å². The lowest BCUT2D eigenvalue weighted by atomic mass is 9.65. The molecule has 0 aliphatic heterocycles. The molecule has 224 valence electrons. The number of hydrogen-bond donors (Lipinski definition) is 2. The van der Waals surface area contributed by atoms with Crippen LogP contribution in [0.25, 0.3) is 0 Å². The van der Waals surface area contributed by atoms with Crippen LogP contribution < -0.4 is 5.32 Å². The van der Waals surface area contributed by atoms with Gasteiger partial charge in [-0.05, 0) is 125 Å². The fourth-order valence-electron chi connectivity index (χ4n) is 8.49. The minimum absolute atomic E-state index is 0.0455. The first-order valence-electron chi connectivity index (χ1n) is 16.0. The van der Waals surface area contributed by atoms with Crippen molar-refractivity contribution >= 4 is 11.9 Å². The third kappa shape index (κ3) is 5.55. The molecule has 0 aromatic heterocycles. The number of aryl methyl sites for hydroxylation is 2. The number of fused-ring (bicyclic) bond motifs is 9. The third-order valence-corrected chi connectivity index (χ3v) is 11.7. The largest absolute Gasteiger partial charge is 0.507 e. The topological polar surface area (TPSA) is 75.6 Å². The Kier molecular flexibility index (Phi) is 8.75. The van der Waals surface area contributed by atoms with Crippen molar-refractivity contribution in [2.24, 2.45) is 46.3 Å². The van der Waals surface area contributed by atoms with E-state index in [1.54, 1.807) is 0 Å². The second-order valence-electron chi connectivity index (χ2n) is 14.8. The van der Waals surface area contributed by atoms with Crippen molar-refractivity contribution < 1.29 is 19.4 Å². The van der Waals surface area contributed by atoms with Gasteiger partial charge in [-0.2, -0.15) is 0 Å². The van der Waals surface area contributed by atoms with Crippen molar-refractivity contribution in [1.82, 2.24) is 5.32 Å². The molecular weight excluding hydrogens is 498 g/mol. The molecule has 4 bridgehead atoms. The maximum Gasteiger partial charge on any atom is 0.312 e. The molecule has 1 amide bonds. The van der Waals surface area contributed by atoms with E-state index in [4.69, 9.17) is 4.74 Å². The Morgan fingerprint density at radius 3 is 2.05 bits per heavy atom. The predicted molar refractivity (Wildman–Crippen MR) is 161 cm³/mol. The molecule has 4 aliphatic rings. The molecular formula is C35H55NO4. The number of carbonyl (C=O) groups is 2. The average Bonchev–Trinajstić information content (AvgIpc) is 3.70. The first-order chi connectivity index (χ1) is 18.7. The minimum Gasteiger partial charge on any atom is -0.507 e. The van der Waals surface area contributed by atoms with Gasteiger partial charge in [0, 0.05) is 17.9 Å². The minimum atomic E-state index is -0.335. The quantitative estimate of drug-likeness (QED) is 0.254. The Labute approximate surface area is 243 Å². The van der Waals surface area contributed by atoms with Crippen LogP contribution in [0.5, 0.6) is 5.75 Å². The van der Waals surface area contributed by atoms with Gasteiger partial charge in [-0.3, -0.25) is 9.59 Å². The van der Waals surface area contributed by atoms with Gasteiger partial charge in [-0.25, -0.2) is 0 Å². The number of nitrogens with one attached hydrogen (secondary N) is 1. The summed E-state index contributed by atoms with van der Waals surface area (Å²) >= 11 is 0. The summed E-state index contributed by atoms with van der Waals surface area (Å²) in [4.78, 5) is 24.7. The Morgan fingerprint density at radius 2 is 1.50 bits per heavy atom. The van der Waals surface area contributed by atoms with Crippen LogP contribution in [0.1, 0.15) is 117 Å². The van der Waals surface area contributed by atoms with Crippen LogP contribution in [0.2, 0.25) is 0 Å². The summed E-state index contributed by atoms with van der Waals surface area (Å²) in [5.41, 5.74) is 1.91. The van der Waals surface area contributed by atoms with Gasteiger partial charge in [0.25, 0.3) is 0 Å². The van der Waals surface area contributed by atoms with Gasteiger partial charge >= 0.3 is 5.97 Å². The number of amides is 1. The number of carbonyl (C=O) groups excluding carboxylic acids is 2. The van der Waals surface area contributed by atoms with E-state index in [0.717, 1.165) is 72.0 Å². The van der Waals surface area contributed by atoms with Crippen molar-refractivity contribution in [1.29, 1.82) is 0 Å². The molecule has 5 heteroatoms. The number of ether oxygens (including phenoxy) is 1. The number of benzene rings is 1. The molecule has 5 nitrogen and oxygen atoms in total. The van der Waals surface area contributed by atoms with E-state index in [9.17, 15) is 14.7 Å². The van der Waals surface area contributed by atoms with Crippen LogP contribution >= 0.6 is 0 Å². The second kappa shape index (κ2) is 11.3. The van der Waals surface area contributed by atoms with Gasteiger partial charge in [-0.1, -0.05) is 46.8 Å². The van der Waals surface area contributed by atoms with E-state index >= 15 is 0 Å². The Balaban J connectivity index is 0.000000190. The van der Waals surface area contributed by atoms with E-state index < -0.39 is 0 Å². The molecule has 5 rings (SSSR count). The summed E-state index contributed by atoms with van der Waals surface area (Å²) in [5.74, 6) is 5.80. The molecule has 4 fully saturated rings. The van der Waals surface area contributed by atoms with E-state index in [-0.39, 0.29) is 28.3 Å². The molecule has 2 N–H and O–H groups in total. The lowest BCUT2D eigenvalue weighted by molar-refractivity contribution is -0.183. The van der Waals surface area contributed by atoms with Crippen molar-refractivity contribution in [3.63, 3.8) is 0 Å². The molecule has 1 aromatic carbocycles. The van der Waals surface area contributed by atoms with E-state index in [1.807, 2.05) is 60.6 Å². The fraction of sp³-hybridized carbons (Fsp3) is 0.771. The molecule has 4 saturated carbocycles. The number of phenolic OH excluding ortho intramolecular Hbond substituents is 1. The zero-order chi connectivity index (χ0) is 29.6. The van der Waals surface area contributed by atoms with Crippen LogP contribution in [-0.4, -0.2) is 22.6 Å². The van der Waals surface area contributed by atoms with Crippen molar-refractivity contribution in [2.75, 3.05) is 0 Å². The van der Waals surface area contributed by atoms with Crippen LogP contribution in [-0.2, 0) is 20.9 Å². The van der Waals surface area contributed by atoms with Crippen LogP contribution in [0.4, 0.5) is 0 Å². The Hall–Kier alpha value is -2.04. The van der Waals surface area contributed by atoms with Crippen molar-refractivity contribution in [3.05, 3.63) is 28.8 Å². The normalized spacial score (nSPS) is 31.9. The molecule has 40 heavy (non-hydrogen) atoms. The number of esters is 1. The molecule has 7 unspecified atom stereocenters. The Morgan fingerprint density at radius 1 is 0.925 bits per heavy atom. The molecule has 4 aliphatic carbocycles. The first kappa shape index (κ1) is 30.9. The summed E-state index contributed by atoms with van der Waals surface area (Å²) in [6, 6.07) is 3.81. The summed E-state index contributed by atoms with van der Waals surface area (Å²) < 4.78 is 6.31. The molecule has 0 saturated heterocycles. The van der Waals surface area contributed by atoms with Gasteiger partial charge in [0.15, 0.2) is 0 Å². The maximum absolute atomic E-state index is 12.7. The van der Waals surface area contributed by atoms with Gasteiger partial charge in [0.05, 0.1) is 5.41 Å². The van der Waals surface area contributed by atoms with E-state index in [0.29, 0.717) is 18.2 Å². The zero-order valence-corrected chi connectivity index (χ0v) is 26.7. The SMILES string of the molecule is CCC(C)(C)C(=O)NCc1cc(C)c(O)c(C)c1.CCC(C)(C)C(=O)OC1(CC)CC2CC1C1C3CCC(C3)C21. The number of rotatable bonds is 8.